The second kappa shape index (κ2) is 6.98. The molecule has 0 aliphatic heterocycles. The number of carboxylic acid groups (broad SMARTS) is 1. The summed E-state index contributed by atoms with van der Waals surface area (Å²) >= 11 is 1.03. The van der Waals surface area contributed by atoms with Crippen LogP contribution < -0.4 is 0 Å². The first-order valence-corrected chi connectivity index (χ1v) is 9.45. The summed E-state index contributed by atoms with van der Waals surface area (Å²) in [5, 5.41) is 10.6. The second-order valence-corrected chi connectivity index (χ2v) is 8.59. The standard InChI is InChI=1S/C15H18N2O6S2/c1-9-11(15(19)20)7-10(23-9)8-17(4)14(18)13-12(5-6-24-13)25(21,22)16(2)3/h5-7H,8H2,1-4H3,(H,19,20). The second-order valence-electron chi connectivity index (χ2n) is 5.55. The molecule has 0 bridgehead atoms. The fourth-order valence-electron chi connectivity index (χ4n) is 2.17. The Morgan fingerprint density at radius 1 is 1.28 bits per heavy atom. The highest BCUT2D eigenvalue weighted by molar-refractivity contribution is 7.89. The van der Waals surface area contributed by atoms with Gasteiger partial charge in [-0.25, -0.2) is 17.5 Å². The van der Waals surface area contributed by atoms with Crippen molar-refractivity contribution in [3.8, 4) is 0 Å². The Balaban J connectivity index is 2.26. The third-order valence-electron chi connectivity index (χ3n) is 3.52. The van der Waals surface area contributed by atoms with Crippen molar-refractivity contribution in [1.82, 2.24) is 9.21 Å². The largest absolute Gasteiger partial charge is 0.478 e. The molecule has 2 aromatic rings. The predicted molar refractivity (Wildman–Crippen MR) is 91.4 cm³/mol. The van der Waals surface area contributed by atoms with Crippen LogP contribution >= 0.6 is 11.3 Å². The molecule has 0 aromatic carbocycles. The van der Waals surface area contributed by atoms with Gasteiger partial charge in [0.15, 0.2) is 0 Å². The number of sulfonamides is 1. The number of hydrogen-bond acceptors (Lipinski definition) is 6. The Morgan fingerprint density at radius 2 is 1.92 bits per heavy atom. The molecule has 0 saturated carbocycles. The minimum Gasteiger partial charge on any atom is -0.478 e. The van der Waals surface area contributed by atoms with Crippen LogP contribution in [0, 0.1) is 6.92 Å². The Kier molecular flexibility index (Phi) is 5.35. The summed E-state index contributed by atoms with van der Waals surface area (Å²) in [7, 11) is 0.544. The van der Waals surface area contributed by atoms with Gasteiger partial charge in [0.25, 0.3) is 5.91 Å². The molecule has 0 atom stereocenters. The van der Waals surface area contributed by atoms with Crippen molar-refractivity contribution in [2.75, 3.05) is 21.1 Å². The first-order chi connectivity index (χ1) is 11.6. The van der Waals surface area contributed by atoms with Gasteiger partial charge in [-0.1, -0.05) is 0 Å². The van der Waals surface area contributed by atoms with E-state index < -0.39 is 21.9 Å². The highest BCUT2D eigenvalue weighted by Gasteiger charge is 2.28. The molecule has 0 aliphatic carbocycles. The molecule has 0 saturated heterocycles. The number of nitrogens with zero attached hydrogens (tertiary/aromatic N) is 2. The van der Waals surface area contributed by atoms with Crippen molar-refractivity contribution in [3.05, 3.63) is 39.5 Å². The number of rotatable bonds is 6. The molecule has 2 aromatic heterocycles. The number of carbonyl (C=O) groups is 2. The van der Waals surface area contributed by atoms with E-state index in [-0.39, 0.29) is 27.6 Å². The summed E-state index contributed by atoms with van der Waals surface area (Å²) in [6, 6.07) is 2.74. The maximum Gasteiger partial charge on any atom is 0.339 e. The summed E-state index contributed by atoms with van der Waals surface area (Å²) in [4.78, 5) is 25.0. The van der Waals surface area contributed by atoms with Crippen molar-refractivity contribution in [1.29, 1.82) is 0 Å². The fraction of sp³-hybridized carbons (Fsp3) is 0.333. The van der Waals surface area contributed by atoms with Gasteiger partial charge in [-0.2, -0.15) is 0 Å². The number of hydrogen-bond donors (Lipinski definition) is 1. The molecule has 0 fully saturated rings. The molecule has 25 heavy (non-hydrogen) atoms. The Hall–Kier alpha value is -2.17. The predicted octanol–water partition coefficient (Wildman–Crippen LogP) is 1.87. The lowest BCUT2D eigenvalue weighted by Crippen LogP contribution is -2.29. The maximum absolute atomic E-state index is 12.6. The molecular formula is C15H18N2O6S2. The minimum atomic E-state index is -3.73. The van der Waals surface area contributed by atoms with Gasteiger partial charge < -0.3 is 14.4 Å². The maximum atomic E-state index is 12.6. The van der Waals surface area contributed by atoms with Gasteiger partial charge in [-0.05, 0) is 24.4 Å². The number of carbonyl (C=O) groups excluding carboxylic acids is 1. The van der Waals surface area contributed by atoms with Crippen LogP contribution in [0.25, 0.3) is 0 Å². The summed E-state index contributed by atoms with van der Waals surface area (Å²) < 4.78 is 31.0. The molecule has 10 heteroatoms. The van der Waals surface area contributed by atoms with Crippen molar-refractivity contribution in [2.24, 2.45) is 0 Å². The first-order valence-electron chi connectivity index (χ1n) is 7.13. The molecule has 0 unspecified atom stereocenters. The summed E-state index contributed by atoms with van der Waals surface area (Å²) in [6.45, 7) is 1.54. The van der Waals surface area contributed by atoms with Crippen LogP contribution in [-0.4, -0.2) is 55.7 Å². The van der Waals surface area contributed by atoms with E-state index in [1.165, 1.54) is 50.5 Å². The number of furan rings is 1. The van der Waals surface area contributed by atoms with Gasteiger partial charge in [0.1, 0.15) is 26.9 Å². The van der Waals surface area contributed by atoms with E-state index in [9.17, 15) is 18.0 Å². The smallest absolute Gasteiger partial charge is 0.339 e. The summed E-state index contributed by atoms with van der Waals surface area (Å²) in [5.74, 6) is -1.05. The van der Waals surface area contributed by atoms with Gasteiger partial charge in [-0.15, -0.1) is 11.3 Å². The zero-order valence-corrected chi connectivity index (χ0v) is 15.8. The van der Waals surface area contributed by atoms with Crippen LogP contribution in [-0.2, 0) is 16.6 Å². The zero-order chi connectivity index (χ0) is 18.9. The molecule has 0 spiro atoms. The molecular weight excluding hydrogens is 368 g/mol. The monoisotopic (exact) mass is 386 g/mol. The lowest BCUT2D eigenvalue weighted by atomic mass is 10.2. The zero-order valence-electron chi connectivity index (χ0n) is 14.1. The van der Waals surface area contributed by atoms with Crippen molar-refractivity contribution < 1.29 is 27.5 Å². The number of aromatic carboxylic acids is 1. The average Bonchev–Trinajstić information content (AvgIpc) is 3.13. The Morgan fingerprint density at radius 3 is 2.44 bits per heavy atom. The molecule has 8 nitrogen and oxygen atoms in total. The van der Waals surface area contributed by atoms with E-state index in [1.807, 2.05) is 0 Å². The van der Waals surface area contributed by atoms with E-state index >= 15 is 0 Å². The SMILES string of the molecule is Cc1oc(CN(C)C(=O)c2sccc2S(=O)(=O)N(C)C)cc1C(=O)O. The fourth-order valence-corrected chi connectivity index (χ4v) is 4.45. The molecule has 1 N–H and O–H groups in total. The van der Waals surface area contributed by atoms with Crippen LogP contribution in [0.15, 0.2) is 26.8 Å². The van der Waals surface area contributed by atoms with Gasteiger partial charge in [0, 0.05) is 21.1 Å². The Labute approximate surface area is 149 Å². The number of amides is 1. The lowest BCUT2D eigenvalue weighted by Gasteiger charge is -2.17. The van der Waals surface area contributed by atoms with E-state index in [4.69, 9.17) is 9.52 Å². The van der Waals surface area contributed by atoms with Crippen molar-refractivity contribution in [2.45, 2.75) is 18.4 Å². The highest BCUT2D eigenvalue weighted by atomic mass is 32.2. The Bertz CT molecular complexity index is 910. The molecule has 0 aliphatic rings. The van der Waals surface area contributed by atoms with Crippen LogP contribution in [0.5, 0.6) is 0 Å². The number of carboxylic acids is 1. The van der Waals surface area contributed by atoms with Crippen LogP contribution in [0.3, 0.4) is 0 Å². The van der Waals surface area contributed by atoms with E-state index in [0.29, 0.717) is 5.76 Å². The molecule has 2 heterocycles. The first kappa shape index (κ1) is 19.2. The molecule has 2 rings (SSSR count). The van der Waals surface area contributed by atoms with Crippen LogP contribution in [0.2, 0.25) is 0 Å². The van der Waals surface area contributed by atoms with Gasteiger partial charge in [0.05, 0.1) is 6.54 Å². The quantitative estimate of drug-likeness (QED) is 0.812. The topological polar surface area (TPSA) is 108 Å². The van der Waals surface area contributed by atoms with Crippen molar-refractivity contribution in [3.63, 3.8) is 0 Å². The lowest BCUT2D eigenvalue weighted by molar-refractivity contribution is 0.0694. The number of thiophene rings is 1. The van der Waals surface area contributed by atoms with Crippen LogP contribution in [0.1, 0.15) is 31.6 Å². The summed E-state index contributed by atoms with van der Waals surface area (Å²) in [5.41, 5.74) is 0.0304. The number of aryl methyl sites for hydroxylation is 1. The normalized spacial score (nSPS) is 11.7. The summed E-state index contributed by atoms with van der Waals surface area (Å²) in [6.07, 6.45) is 0. The molecule has 136 valence electrons. The highest BCUT2D eigenvalue weighted by Crippen LogP contribution is 2.26. The third kappa shape index (κ3) is 3.75. The van der Waals surface area contributed by atoms with E-state index in [1.54, 1.807) is 0 Å². The van der Waals surface area contributed by atoms with Crippen molar-refractivity contribution >= 4 is 33.2 Å². The van der Waals surface area contributed by atoms with Gasteiger partial charge in [0.2, 0.25) is 10.0 Å². The van der Waals surface area contributed by atoms with E-state index in [0.717, 1.165) is 15.6 Å². The van der Waals surface area contributed by atoms with Gasteiger partial charge >= 0.3 is 5.97 Å². The minimum absolute atomic E-state index is 0.0201. The molecule has 1 amide bonds. The van der Waals surface area contributed by atoms with Gasteiger partial charge in [-0.3, -0.25) is 4.79 Å². The molecule has 0 radical (unpaired) electrons. The van der Waals surface area contributed by atoms with E-state index in [2.05, 4.69) is 0 Å². The average molecular weight is 386 g/mol. The third-order valence-corrected chi connectivity index (χ3v) is 6.41. The van der Waals surface area contributed by atoms with Crippen LogP contribution in [0.4, 0.5) is 0 Å².